The Morgan fingerprint density at radius 2 is 2.00 bits per heavy atom. The van der Waals surface area contributed by atoms with E-state index >= 15 is 0 Å². The number of pyridine rings is 1. The number of carbonyl (C=O) groups is 1. The number of hydrogen-bond acceptors (Lipinski definition) is 4. The second kappa shape index (κ2) is 8.08. The number of carbonyl (C=O) groups excluding carboxylic acids is 1. The van der Waals surface area contributed by atoms with E-state index in [4.69, 9.17) is 4.74 Å². The van der Waals surface area contributed by atoms with E-state index in [-0.39, 0.29) is 6.03 Å². The van der Waals surface area contributed by atoms with Crippen LogP contribution in [0.4, 0.5) is 10.5 Å². The molecule has 0 spiro atoms. The molecular formula is C18H24N4O2. The molecule has 0 bridgehead atoms. The van der Waals surface area contributed by atoms with Crippen molar-refractivity contribution in [2.24, 2.45) is 0 Å². The Balaban J connectivity index is 1.56. The largest absolute Gasteiger partial charge is 0.385 e. The number of urea groups is 1. The van der Waals surface area contributed by atoms with E-state index < -0.39 is 0 Å². The van der Waals surface area contributed by atoms with Gasteiger partial charge in [-0.1, -0.05) is 18.2 Å². The van der Waals surface area contributed by atoms with Crippen LogP contribution in [0.25, 0.3) is 10.9 Å². The maximum absolute atomic E-state index is 12.5. The number of piperazine rings is 1. The first-order valence-corrected chi connectivity index (χ1v) is 8.39. The van der Waals surface area contributed by atoms with Crippen LogP contribution in [0.1, 0.15) is 6.42 Å². The average Bonchev–Trinajstić information content (AvgIpc) is 2.63. The van der Waals surface area contributed by atoms with Crippen molar-refractivity contribution in [2.45, 2.75) is 6.42 Å². The summed E-state index contributed by atoms with van der Waals surface area (Å²) in [4.78, 5) is 21.2. The standard InChI is InChI=1S/C18H24N4O2/c1-24-14-4-9-21-10-12-22(13-11-21)18(23)20-16-7-2-5-15-6-3-8-19-17(15)16/h2-3,5-8H,4,9-14H2,1H3,(H,20,23). The third-order valence-corrected chi connectivity index (χ3v) is 4.36. The van der Waals surface area contributed by atoms with E-state index in [0.717, 1.165) is 62.3 Å². The Kier molecular flexibility index (Phi) is 5.61. The fourth-order valence-electron chi connectivity index (χ4n) is 3.01. The molecule has 1 aromatic carbocycles. The lowest BCUT2D eigenvalue weighted by molar-refractivity contribution is 0.130. The topological polar surface area (TPSA) is 57.7 Å². The van der Waals surface area contributed by atoms with Crippen molar-refractivity contribution < 1.29 is 9.53 Å². The van der Waals surface area contributed by atoms with Gasteiger partial charge >= 0.3 is 6.03 Å². The molecule has 0 radical (unpaired) electrons. The van der Waals surface area contributed by atoms with Crippen molar-refractivity contribution in [3.8, 4) is 0 Å². The Bertz CT molecular complexity index is 678. The van der Waals surface area contributed by atoms with Gasteiger partial charge in [0.15, 0.2) is 0 Å². The molecule has 128 valence electrons. The molecule has 0 atom stereocenters. The number of nitrogens with zero attached hydrogens (tertiary/aromatic N) is 3. The van der Waals surface area contributed by atoms with Crippen LogP contribution in [0.15, 0.2) is 36.5 Å². The Morgan fingerprint density at radius 3 is 2.79 bits per heavy atom. The quantitative estimate of drug-likeness (QED) is 0.857. The van der Waals surface area contributed by atoms with E-state index in [1.54, 1.807) is 13.3 Å². The summed E-state index contributed by atoms with van der Waals surface area (Å²) in [5, 5.41) is 4.03. The smallest absolute Gasteiger partial charge is 0.321 e. The minimum atomic E-state index is -0.0512. The summed E-state index contributed by atoms with van der Waals surface area (Å²) in [7, 11) is 1.73. The maximum atomic E-state index is 12.5. The van der Waals surface area contributed by atoms with Gasteiger partial charge in [-0.3, -0.25) is 9.88 Å². The van der Waals surface area contributed by atoms with Gasteiger partial charge in [-0.05, 0) is 18.6 Å². The average molecular weight is 328 g/mol. The molecule has 0 aliphatic carbocycles. The lowest BCUT2D eigenvalue weighted by Gasteiger charge is -2.34. The van der Waals surface area contributed by atoms with Crippen LogP contribution in [0.5, 0.6) is 0 Å². The van der Waals surface area contributed by atoms with Gasteiger partial charge in [0, 0.05) is 58.0 Å². The van der Waals surface area contributed by atoms with Gasteiger partial charge < -0.3 is 15.0 Å². The predicted octanol–water partition coefficient (Wildman–Crippen LogP) is 2.42. The molecule has 0 saturated carbocycles. The van der Waals surface area contributed by atoms with E-state index in [1.807, 2.05) is 35.2 Å². The van der Waals surface area contributed by atoms with Crippen molar-refractivity contribution >= 4 is 22.6 Å². The van der Waals surface area contributed by atoms with Crippen molar-refractivity contribution in [3.63, 3.8) is 0 Å². The first-order valence-electron chi connectivity index (χ1n) is 8.39. The number of amides is 2. The molecule has 1 saturated heterocycles. The molecule has 2 heterocycles. The number of hydrogen-bond donors (Lipinski definition) is 1. The zero-order valence-corrected chi connectivity index (χ0v) is 14.1. The molecule has 24 heavy (non-hydrogen) atoms. The van der Waals surface area contributed by atoms with Crippen LogP contribution in [-0.2, 0) is 4.74 Å². The lowest BCUT2D eigenvalue weighted by atomic mass is 10.2. The number of rotatable bonds is 5. The van der Waals surface area contributed by atoms with E-state index in [1.165, 1.54) is 0 Å². The molecule has 1 aromatic heterocycles. The van der Waals surface area contributed by atoms with E-state index in [9.17, 15) is 4.79 Å². The molecule has 1 N–H and O–H groups in total. The number of aromatic nitrogens is 1. The highest BCUT2D eigenvalue weighted by Gasteiger charge is 2.21. The number of nitrogens with one attached hydrogen (secondary N) is 1. The molecular weight excluding hydrogens is 304 g/mol. The molecule has 6 nitrogen and oxygen atoms in total. The second-order valence-corrected chi connectivity index (χ2v) is 5.99. The summed E-state index contributed by atoms with van der Waals surface area (Å²) in [6.07, 6.45) is 2.78. The van der Waals surface area contributed by atoms with Gasteiger partial charge in [0.05, 0.1) is 11.2 Å². The molecule has 0 unspecified atom stereocenters. The van der Waals surface area contributed by atoms with Gasteiger partial charge in [0.1, 0.15) is 0 Å². The summed E-state index contributed by atoms with van der Waals surface area (Å²) < 4.78 is 5.09. The molecule has 2 aromatic rings. The molecule has 1 fully saturated rings. The fraction of sp³-hybridized carbons (Fsp3) is 0.444. The van der Waals surface area contributed by atoms with Crippen LogP contribution < -0.4 is 5.32 Å². The fourth-order valence-corrected chi connectivity index (χ4v) is 3.01. The Labute approximate surface area is 142 Å². The number of anilines is 1. The van der Waals surface area contributed by atoms with Gasteiger partial charge in [-0.15, -0.1) is 0 Å². The molecule has 6 heteroatoms. The summed E-state index contributed by atoms with van der Waals surface area (Å²) in [5.41, 5.74) is 1.59. The Hall–Kier alpha value is -2.18. The van der Waals surface area contributed by atoms with Crippen LogP contribution in [0.2, 0.25) is 0 Å². The van der Waals surface area contributed by atoms with Crippen molar-refractivity contribution in [1.29, 1.82) is 0 Å². The molecule has 2 amide bonds. The van der Waals surface area contributed by atoms with Gasteiger partial charge in [0.25, 0.3) is 0 Å². The third kappa shape index (κ3) is 4.01. The maximum Gasteiger partial charge on any atom is 0.321 e. The summed E-state index contributed by atoms with van der Waals surface area (Å²) in [5.74, 6) is 0. The normalized spacial score (nSPS) is 15.6. The Morgan fingerprint density at radius 1 is 1.21 bits per heavy atom. The first-order chi connectivity index (χ1) is 11.8. The zero-order chi connectivity index (χ0) is 16.8. The van der Waals surface area contributed by atoms with E-state index in [0.29, 0.717) is 0 Å². The third-order valence-electron chi connectivity index (χ3n) is 4.36. The monoisotopic (exact) mass is 328 g/mol. The number of methoxy groups -OCH3 is 1. The van der Waals surface area contributed by atoms with Crippen LogP contribution in [0.3, 0.4) is 0 Å². The summed E-state index contributed by atoms with van der Waals surface area (Å²) in [6, 6.07) is 9.68. The van der Waals surface area contributed by atoms with Gasteiger partial charge in [-0.2, -0.15) is 0 Å². The van der Waals surface area contributed by atoms with Gasteiger partial charge in [-0.25, -0.2) is 4.79 Å². The number of benzene rings is 1. The molecule has 1 aliphatic heterocycles. The predicted molar refractivity (Wildman–Crippen MR) is 95.3 cm³/mol. The SMILES string of the molecule is COCCCN1CCN(C(=O)Nc2cccc3cccnc23)CC1. The number of ether oxygens (including phenoxy) is 1. The summed E-state index contributed by atoms with van der Waals surface area (Å²) in [6.45, 7) is 5.12. The van der Waals surface area contributed by atoms with Gasteiger partial charge in [0.2, 0.25) is 0 Å². The van der Waals surface area contributed by atoms with Crippen LogP contribution in [0, 0.1) is 0 Å². The zero-order valence-electron chi connectivity index (χ0n) is 14.1. The van der Waals surface area contributed by atoms with Crippen molar-refractivity contribution in [1.82, 2.24) is 14.8 Å². The number of para-hydroxylation sites is 1. The van der Waals surface area contributed by atoms with Crippen LogP contribution in [-0.4, -0.2) is 67.3 Å². The second-order valence-electron chi connectivity index (χ2n) is 5.99. The van der Waals surface area contributed by atoms with E-state index in [2.05, 4.69) is 15.2 Å². The highest BCUT2D eigenvalue weighted by atomic mass is 16.5. The molecule has 1 aliphatic rings. The van der Waals surface area contributed by atoms with Crippen LogP contribution >= 0.6 is 0 Å². The highest BCUT2D eigenvalue weighted by molar-refractivity contribution is 5.99. The first kappa shape index (κ1) is 16.7. The lowest BCUT2D eigenvalue weighted by Crippen LogP contribution is -2.50. The number of fused-ring (bicyclic) bond motifs is 1. The molecule has 3 rings (SSSR count). The minimum Gasteiger partial charge on any atom is -0.385 e. The van der Waals surface area contributed by atoms with Crippen molar-refractivity contribution in [2.75, 3.05) is 51.8 Å². The highest BCUT2D eigenvalue weighted by Crippen LogP contribution is 2.21. The van der Waals surface area contributed by atoms with Crippen molar-refractivity contribution in [3.05, 3.63) is 36.5 Å². The minimum absolute atomic E-state index is 0.0512. The summed E-state index contributed by atoms with van der Waals surface area (Å²) >= 11 is 0.